The third kappa shape index (κ3) is 1.81. The van der Waals surface area contributed by atoms with Gasteiger partial charge in [0.25, 0.3) is 0 Å². The molecule has 21 heavy (non-hydrogen) atoms. The van der Waals surface area contributed by atoms with Gasteiger partial charge in [-0.1, -0.05) is 26.8 Å². The van der Waals surface area contributed by atoms with Gasteiger partial charge in [-0.05, 0) is 60.3 Å². The smallest absolute Gasteiger partial charge is 0.0722 e. The molecule has 2 saturated carbocycles. The van der Waals surface area contributed by atoms with E-state index >= 15 is 0 Å². The fourth-order valence-corrected chi connectivity index (χ4v) is 5.05. The van der Waals surface area contributed by atoms with Crippen LogP contribution in [0, 0.1) is 16.7 Å². The lowest BCUT2D eigenvalue weighted by Crippen LogP contribution is -2.45. The fraction of sp³-hybridized carbons (Fsp3) is 0.526. The van der Waals surface area contributed by atoms with Crippen molar-refractivity contribution in [1.29, 1.82) is 0 Å². The van der Waals surface area contributed by atoms with Crippen LogP contribution in [0.15, 0.2) is 36.5 Å². The molecule has 0 amide bonds. The summed E-state index contributed by atoms with van der Waals surface area (Å²) in [5.74, 6) is 0.869. The molecule has 2 aliphatic carbocycles. The highest BCUT2D eigenvalue weighted by molar-refractivity contribution is 5.91. The van der Waals surface area contributed by atoms with Gasteiger partial charge in [0.2, 0.25) is 0 Å². The van der Waals surface area contributed by atoms with Crippen LogP contribution in [0.2, 0.25) is 0 Å². The monoisotopic (exact) mass is 280 g/mol. The van der Waals surface area contributed by atoms with Crippen LogP contribution in [0.4, 0.5) is 5.69 Å². The highest BCUT2D eigenvalue weighted by Gasteiger charge is 2.59. The number of fused-ring (bicyclic) bond motifs is 3. The van der Waals surface area contributed by atoms with Crippen LogP contribution in [0.3, 0.4) is 0 Å². The standard InChI is InChI=1S/C19H24N2/c1-18(2)13-9-10-19(3,12-13)17(18)21-16-8-4-7-15-14(16)6-5-11-20-15/h4-8,11,13,17,21H,9-10,12H2,1-3H3. The molecule has 0 aliphatic heterocycles. The lowest BCUT2D eigenvalue weighted by atomic mass is 9.68. The Bertz CT molecular complexity index is 681. The van der Waals surface area contributed by atoms with E-state index in [-0.39, 0.29) is 0 Å². The summed E-state index contributed by atoms with van der Waals surface area (Å²) < 4.78 is 0. The van der Waals surface area contributed by atoms with Crippen molar-refractivity contribution in [3.05, 3.63) is 36.5 Å². The molecular weight excluding hydrogens is 256 g/mol. The zero-order valence-corrected chi connectivity index (χ0v) is 13.2. The largest absolute Gasteiger partial charge is 0.381 e. The number of nitrogens with one attached hydrogen (secondary N) is 1. The van der Waals surface area contributed by atoms with Crippen molar-refractivity contribution >= 4 is 16.6 Å². The molecule has 1 heterocycles. The summed E-state index contributed by atoms with van der Waals surface area (Å²) in [6, 6.07) is 11.2. The maximum Gasteiger partial charge on any atom is 0.0722 e. The Morgan fingerprint density at radius 1 is 1.14 bits per heavy atom. The van der Waals surface area contributed by atoms with E-state index in [4.69, 9.17) is 0 Å². The van der Waals surface area contributed by atoms with Gasteiger partial charge in [0.1, 0.15) is 0 Å². The predicted octanol–water partition coefficient (Wildman–Crippen LogP) is 4.86. The molecule has 0 saturated heterocycles. The van der Waals surface area contributed by atoms with Crippen LogP contribution in [-0.4, -0.2) is 11.0 Å². The fourth-order valence-electron chi connectivity index (χ4n) is 5.05. The first-order valence-corrected chi connectivity index (χ1v) is 8.11. The van der Waals surface area contributed by atoms with Crippen LogP contribution in [0.25, 0.3) is 10.9 Å². The molecule has 110 valence electrons. The average molecular weight is 280 g/mol. The Kier molecular flexibility index (Phi) is 2.64. The van der Waals surface area contributed by atoms with Crippen LogP contribution < -0.4 is 5.32 Å². The highest BCUT2D eigenvalue weighted by Crippen LogP contribution is 2.63. The summed E-state index contributed by atoms with van der Waals surface area (Å²) in [6.07, 6.45) is 6.01. The Labute approximate surface area is 127 Å². The summed E-state index contributed by atoms with van der Waals surface area (Å²) >= 11 is 0. The number of benzene rings is 1. The van der Waals surface area contributed by atoms with Gasteiger partial charge in [-0.15, -0.1) is 0 Å². The van der Waals surface area contributed by atoms with E-state index in [9.17, 15) is 0 Å². The second-order valence-electron chi connectivity index (χ2n) is 7.87. The van der Waals surface area contributed by atoms with Crippen LogP contribution in [-0.2, 0) is 0 Å². The molecule has 2 nitrogen and oxygen atoms in total. The lowest BCUT2D eigenvalue weighted by Gasteiger charge is -2.43. The third-order valence-corrected chi connectivity index (χ3v) is 6.22. The minimum absolute atomic E-state index is 0.372. The maximum atomic E-state index is 4.48. The molecule has 0 spiro atoms. The van der Waals surface area contributed by atoms with Crippen molar-refractivity contribution in [1.82, 2.24) is 4.98 Å². The van der Waals surface area contributed by atoms with Crippen molar-refractivity contribution in [2.45, 2.75) is 46.1 Å². The Balaban J connectivity index is 1.75. The molecule has 2 heteroatoms. The Morgan fingerprint density at radius 2 is 2.00 bits per heavy atom. The van der Waals surface area contributed by atoms with E-state index < -0.39 is 0 Å². The van der Waals surface area contributed by atoms with E-state index in [1.807, 2.05) is 12.3 Å². The van der Waals surface area contributed by atoms with E-state index in [1.165, 1.54) is 30.3 Å². The lowest BCUT2D eigenvalue weighted by molar-refractivity contribution is 0.155. The average Bonchev–Trinajstić information content (AvgIpc) is 2.95. The van der Waals surface area contributed by atoms with Crippen LogP contribution in [0.5, 0.6) is 0 Å². The zero-order chi connectivity index (χ0) is 14.7. The van der Waals surface area contributed by atoms with Gasteiger partial charge in [0, 0.05) is 23.3 Å². The van der Waals surface area contributed by atoms with Crippen molar-refractivity contribution < 1.29 is 0 Å². The molecule has 2 aromatic rings. The molecule has 1 aromatic carbocycles. The van der Waals surface area contributed by atoms with Crippen LogP contribution >= 0.6 is 0 Å². The van der Waals surface area contributed by atoms with Crippen molar-refractivity contribution in [2.24, 2.45) is 16.7 Å². The van der Waals surface area contributed by atoms with Gasteiger partial charge in [-0.2, -0.15) is 0 Å². The molecule has 3 unspecified atom stereocenters. The normalized spacial score (nSPS) is 33.5. The van der Waals surface area contributed by atoms with Gasteiger partial charge >= 0.3 is 0 Å². The van der Waals surface area contributed by atoms with Crippen LogP contribution in [0.1, 0.15) is 40.0 Å². The van der Waals surface area contributed by atoms with Gasteiger partial charge in [0.05, 0.1) is 5.52 Å². The van der Waals surface area contributed by atoms with Crippen molar-refractivity contribution in [3.8, 4) is 0 Å². The molecule has 1 N–H and O–H groups in total. The van der Waals surface area contributed by atoms with Crippen molar-refractivity contribution in [2.75, 3.05) is 5.32 Å². The van der Waals surface area contributed by atoms with E-state index in [1.54, 1.807) is 0 Å². The molecule has 2 bridgehead atoms. The summed E-state index contributed by atoms with van der Waals surface area (Å²) in [5.41, 5.74) is 3.14. The summed E-state index contributed by atoms with van der Waals surface area (Å²) in [6.45, 7) is 7.37. The number of nitrogens with zero attached hydrogens (tertiary/aromatic N) is 1. The quantitative estimate of drug-likeness (QED) is 0.849. The molecule has 1 aromatic heterocycles. The number of aromatic nitrogens is 1. The number of rotatable bonds is 2. The highest BCUT2D eigenvalue weighted by atomic mass is 15.0. The second-order valence-corrected chi connectivity index (χ2v) is 7.87. The maximum absolute atomic E-state index is 4.48. The van der Waals surface area contributed by atoms with E-state index in [0.717, 1.165) is 11.4 Å². The van der Waals surface area contributed by atoms with E-state index in [0.29, 0.717) is 16.9 Å². The summed E-state index contributed by atoms with van der Waals surface area (Å²) in [7, 11) is 0. The summed E-state index contributed by atoms with van der Waals surface area (Å²) in [4.78, 5) is 4.48. The summed E-state index contributed by atoms with van der Waals surface area (Å²) in [5, 5.41) is 5.14. The number of hydrogen-bond donors (Lipinski definition) is 1. The van der Waals surface area contributed by atoms with Gasteiger partial charge in [0.15, 0.2) is 0 Å². The van der Waals surface area contributed by atoms with Crippen molar-refractivity contribution in [3.63, 3.8) is 0 Å². The minimum Gasteiger partial charge on any atom is -0.381 e. The number of hydrogen-bond acceptors (Lipinski definition) is 2. The predicted molar refractivity (Wildman–Crippen MR) is 88.4 cm³/mol. The second kappa shape index (κ2) is 4.22. The van der Waals surface area contributed by atoms with Gasteiger partial charge in [-0.3, -0.25) is 4.98 Å². The first-order valence-electron chi connectivity index (χ1n) is 8.11. The first-order chi connectivity index (χ1) is 10.0. The number of pyridine rings is 1. The molecule has 2 aliphatic rings. The molecule has 3 atom stereocenters. The number of anilines is 1. The molecular formula is C19H24N2. The third-order valence-electron chi connectivity index (χ3n) is 6.22. The first kappa shape index (κ1) is 13.1. The Hall–Kier alpha value is -1.57. The zero-order valence-electron chi connectivity index (χ0n) is 13.2. The molecule has 4 rings (SSSR count). The molecule has 0 radical (unpaired) electrons. The van der Waals surface area contributed by atoms with Gasteiger partial charge < -0.3 is 5.32 Å². The Morgan fingerprint density at radius 3 is 2.76 bits per heavy atom. The topological polar surface area (TPSA) is 24.9 Å². The SMILES string of the molecule is CC12CCC(C1)C(C)(C)C2Nc1cccc2ncccc12. The minimum atomic E-state index is 0.372. The van der Waals surface area contributed by atoms with E-state index in [2.05, 4.69) is 55.3 Å². The van der Waals surface area contributed by atoms with Gasteiger partial charge in [-0.25, -0.2) is 0 Å². The molecule has 2 fully saturated rings.